The van der Waals surface area contributed by atoms with E-state index in [-0.39, 0.29) is 23.9 Å². The number of hydrogen-bond acceptors (Lipinski definition) is 4. The largest absolute Gasteiger partial charge is 0.343 e. The lowest BCUT2D eigenvalue weighted by Crippen LogP contribution is -2.24. The normalized spacial score (nSPS) is 11.0. The number of aryl methyl sites for hydroxylation is 2. The molecule has 0 unspecified atom stereocenters. The molecule has 2 amide bonds. The van der Waals surface area contributed by atoms with E-state index < -0.39 is 0 Å². The number of nitrogens with one attached hydrogen (secondary N) is 1. The van der Waals surface area contributed by atoms with E-state index in [1.54, 1.807) is 49.7 Å². The average molecular weight is 389 g/mol. The van der Waals surface area contributed by atoms with Gasteiger partial charge in [0.1, 0.15) is 0 Å². The van der Waals surface area contributed by atoms with Gasteiger partial charge in [-0.15, -0.1) is 0 Å². The van der Waals surface area contributed by atoms with Gasteiger partial charge in [0.05, 0.1) is 34.7 Å². The molecule has 0 saturated heterocycles. The summed E-state index contributed by atoms with van der Waals surface area (Å²) in [6.07, 6.45) is 1.89. The fraction of sp³-hybridized carbons (Fsp3) is 0.333. The summed E-state index contributed by atoms with van der Waals surface area (Å²) in [6.45, 7) is 2.20. The van der Waals surface area contributed by atoms with Gasteiger partial charge in [0.2, 0.25) is 5.91 Å². The zero-order valence-electron chi connectivity index (χ0n) is 15.7. The highest BCUT2D eigenvalue weighted by Gasteiger charge is 2.22. The Morgan fingerprint density at radius 3 is 2.74 bits per heavy atom. The van der Waals surface area contributed by atoms with Crippen LogP contribution in [0.5, 0.6) is 0 Å². The Morgan fingerprint density at radius 2 is 2.04 bits per heavy atom. The maximum Gasteiger partial charge on any atom is 0.276 e. The average Bonchev–Trinajstić information content (AvgIpc) is 3.16. The van der Waals surface area contributed by atoms with Crippen molar-refractivity contribution in [1.82, 2.24) is 24.5 Å². The molecule has 27 heavy (non-hydrogen) atoms. The highest BCUT2D eigenvalue weighted by Crippen LogP contribution is 2.23. The number of anilines is 1. The first-order valence-electron chi connectivity index (χ1n) is 8.44. The van der Waals surface area contributed by atoms with Crippen LogP contribution in [0.3, 0.4) is 0 Å². The predicted molar refractivity (Wildman–Crippen MR) is 104 cm³/mol. The molecule has 0 saturated carbocycles. The number of carbonyl (C=O) groups excluding carboxylic acids is 2. The maximum atomic E-state index is 12.5. The minimum absolute atomic E-state index is 0.202. The van der Waals surface area contributed by atoms with Crippen LogP contribution >= 0.6 is 11.6 Å². The second kappa shape index (κ2) is 7.40. The standard InChI is InChI=1S/C18H21ClN6O2/c1-11-16(17(22-24(11)4)18(27)23(2)3)21-15(26)8-9-25-14-7-5-6-13(19)12(14)10-20-25/h5-7,10H,8-9H2,1-4H3,(H,21,26). The summed E-state index contributed by atoms with van der Waals surface area (Å²) in [5.41, 5.74) is 2.25. The molecule has 0 atom stereocenters. The lowest BCUT2D eigenvalue weighted by molar-refractivity contribution is -0.116. The van der Waals surface area contributed by atoms with Gasteiger partial charge in [-0.25, -0.2) is 0 Å². The molecule has 3 aromatic rings. The van der Waals surface area contributed by atoms with Gasteiger partial charge < -0.3 is 10.2 Å². The van der Waals surface area contributed by atoms with Crippen LogP contribution in [0, 0.1) is 6.92 Å². The number of benzene rings is 1. The Balaban J connectivity index is 1.75. The fourth-order valence-electron chi connectivity index (χ4n) is 2.78. The van der Waals surface area contributed by atoms with Crippen molar-refractivity contribution in [3.63, 3.8) is 0 Å². The van der Waals surface area contributed by atoms with Gasteiger partial charge in [-0.05, 0) is 19.1 Å². The third-order valence-electron chi connectivity index (χ3n) is 4.39. The Morgan fingerprint density at radius 1 is 1.30 bits per heavy atom. The zero-order valence-corrected chi connectivity index (χ0v) is 16.4. The Bertz CT molecular complexity index is 1020. The molecule has 8 nitrogen and oxygen atoms in total. The van der Waals surface area contributed by atoms with Crippen LogP contribution in [-0.4, -0.2) is 50.4 Å². The predicted octanol–water partition coefficient (Wildman–Crippen LogP) is 2.46. The molecule has 0 aliphatic heterocycles. The molecule has 0 bridgehead atoms. The van der Waals surface area contributed by atoms with Crippen LogP contribution in [0.4, 0.5) is 5.69 Å². The SMILES string of the molecule is Cc1c(NC(=O)CCn2ncc3c(Cl)cccc32)c(C(=O)N(C)C)nn1C. The van der Waals surface area contributed by atoms with E-state index in [0.717, 1.165) is 10.9 Å². The number of carbonyl (C=O) groups is 2. The third-order valence-corrected chi connectivity index (χ3v) is 4.72. The van der Waals surface area contributed by atoms with E-state index in [2.05, 4.69) is 15.5 Å². The van der Waals surface area contributed by atoms with Crippen molar-refractivity contribution in [3.8, 4) is 0 Å². The van der Waals surface area contributed by atoms with Crippen LogP contribution in [0.25, 0.3) is 10.9 Å². The lowest BCUT2D eigenvalue weighted by Gasteiger charge is -2.11. The molecule has 0 fully saturated rings. The van der Waals surface area contributed by atoms with Gasteiger partial charge in [0.25, 0.3) is 5.91 Å². The second-order valence-electron chi connectivity index (χ2n) is 6.47. The Labute approximate surface area is 161 Å². The topological polar surface area (TPSA) is 85.1 Å². The summed E-state index contributed by atoms with van der Waals surface area (Å²) < 4.78 is 3.32. The lowest BCUT2D eigenvalue weighted by atomic mass is 10.2. The van der Waals surface area contributed by atoms with Crippen molar-refractivity contribution in [2.75, 3.05) is 19.4 Å². The molecule has 1 N–H and O–H groups in total. The molecular weight excluding hydrogens is 368 g/mol. The van der Waals surface area contributed by atoms with Gasteiger partial charge in [-0.2, -0.15) is 10.2 Å². The zero-order chi connectivity index (χ0) is 19.7. The minimum Gasteiger partial charge on any atom is -0.343 e. The molecule has 3 rings (SSSR count). The highest BCUT2D eigenvalue weighted by atomic mass is 35.5. The van der Waals surface area contributed by atoms with E-state index >= 15 is 0 Å². The van der Waals surface area contributed by atoms with Crippen molar-refractivity contribution >= 4 is 40.0 Å². The van der Waals surface area contributed by atoms with Crippen molar-refractivity contribution in [2.45, 2.75) is 19.9 Å². The van der Waals surface area contributed by atoms with Gasteiger partial charge >= 0.3 is 0 Å². The first kappa shape index (κ1) is 18.9. The van der Waals surface area contributed by atoms with Gasteiger partial charge in [0.15, 0.2) is 5.69 Å². The van der Waals surface area contributed by atoms with Crippen molar-refractivity contribution in [3.05, 3.63) is 40.8 Å². The van der Waals surface area contributed by atoms with E-state index in [0.29, 0.717) is 22.9 Å². The third kappa shape index (κ3) is 3.66. The number of fused-ring (bicyclic) bond motifs is 1. The number of hydrogen-bond donors (Lipinski definition) is 1. The molecule has 9 heteroatoms. The van der Waals surface area contributed by atoms with Crippen LogP contribution in [0.2, 0.25) is 5.02 Å². The molecule has 2 aromatic heterocycles. The van der Waals surface area contributed by atoms with Crippen LogP contribution in [0.1, 0.15) is 22.6 Å². The minimum atomic E-state index is -0.262. The van der Waals surface area contributed by atoms with Crippen LogP contribution in [-0.2, 0) is 18.4 Å². The number of amides is 2. The molecule has 0 aliphatic rings. The molecule has 2 heterocycles. The number of rotatable bonds is 5. The second-order valence-corrected chi connectivity index (χ2v) is 6.88. The van der Waals surface area contributed by atoms with E-state index in [9.17, 15) is 9.59 Å². The summed E-state index contributed by atoms with van der Waals surface area (Å²) >= 11 is 6.15. The quantitative estimate of drug-likeness (QED) is 0.727. The van der Waals surface area contributed by atoms with Crippen LogP contribution in [0.15, 0.2) is 24.4 Å². The maximum absolute atomic E-state index is 12.5. The van der Waals surface area contributed by atoms with E-state index in [1.165, 1.54) is 4.90 Å². The van der Waals surface area contributed by atoms with E-state index in [1.807, 2.05) is 12.1 Å². The van der Waals surface area contributed by atoms with Crippen LogP contribution < -0.4 is 5.32 Å². The summed E-state index contributed by atoms with van der Waals surface area (Å²) in [7, 11) is 5.02. The fourth-order valence-corrected chi connectivity index (χ4v) is 2.99. The molecule has 1 aromatic carbocycles. The monoisotopic (exact) mass is 388 g/mol. The van der Waals surface area contributed by atoms with E-state index in [4.69, 9.17) is 11.6 Å². The number of nitrogens with zero attached hydrogens (tertiary/aromatic N) is 5. The summed E-state index contributed by atoms with van der Waals surface area (Å²) in [4.78, 5) is 26.2. The number of aromatic nitrogens is 4. The van der Waals surface area contributed by atoms with Crippen molar-refractivity contribution in [1.29, 1.82) is 0 Å². The molecule has 142 valence electrons. The van der Waals surface area contributed by atoms with Gasteiger partial charge in [-0.1, -0.05) is 17.7 Å². The van der Waals surface area contributed by atoms with Crippen molar-refractivity contribution < 1.29 is 9.59 Å². The summed E-state index contributed by atoms with van der Waals surface area (Å²) in [6, 6.07) is 5.56. The molecule has 0 radical (unpaired) electrons. The summed E-state index contributed by atoms with van der Waals surface area (Å²) in [5.74, 6) is -0.480. The van der Waals surface area contributed by atoms with Gasteiger partial charge in [0, 0.05) is 33.0 Å². The first-order valence-corrected chi connectivity index (χ1v) is 8.82. The Kier molecular flexibility index (Phi) is 5.18. The molecule has 0 spiro atoms. The molecule has 0 aliphatic carbocycles. The molecular formula is C18H21ClN6O2. The van der Waals surface area contributed by atoms with Crippen molar-refractivity contribution in [2.24, 2.45) is 7.05 Å². The van der Waals surface area contributed by atoms with Gasteiger partial charge in [-0.3, -0.25) is 19.0 Å². The number of halogens is 1. The highest BCUT2D eigenvalue weighted by molar-refractivity contribution is 6.35. The Hall–Kier alpha value is -2.87. The smallest absolute Gasteiger partial charge is 0.276 e. The first-order chi connectivity index (χ1) is 12.8. The summed E-state index contributed by atoms with van der Waals surface area (Å²) in [5, 5.41) is 12.8.